The van der Waals surface area contributed by atoms with Crippen LogP contribution in [0.15, 0.2) is 18.2 Å². The van der Waals surface area contributed by atoms with E-state index in [0.717, 1.165) is 4.90 Å². The van der Waals surface area contributed by atoms with Crippen LogP contribution in [0.1, 0.15) is 65.1 Å². The fourth-order valence-corrected chi connectivity index (χ4v) is 3.18. The van der Waals surface area contributed by atoms with E-state index in [1.807, 2.05) is 6.07 Å². The molecular weight excluding hydrogens is 454 g/mol. The number of phenols is 1. The second kappa shape index (κ2) is 11.6. The Bertz CT molecular complexity index is 1000. The number of amides is 4. The van der Waals surface area contributed by atoms with Crippen molar-refractivity contribution in [1.29, 1.82) is 5.26 Å². The zero-order valence-electron chi connectivity index (χ0n) is 21.3. The maximum absolute atomic E-state index is 13.6. The fraction of sp³-hybridized carbons (Fsp3) is 0.542. The number of benzene rings is 1. The van der Waals surface area contributed by atoms with Gasteiger partial charge in [-0.25, -0.2) is 4.79 Å². The van der Waals surface area contributed by atoms with Crippen LogP contribution in [0.5, 0.6) is 5.75 Å². The number of aromatic hydroxyl groups is 1. The first-order valence-corrected chi connectivity index (χ1v) is 11.0. The van der Waals surface area contributed by atoms with Gasteiger partial charge in [-0.1, -0.05) is 6.07 Å². The SMILES string of the molecule is Cc1cc(C(C(=O)NC(C)(C)C)N(CC#N)C(=O)C(CC(N)=O)NC(=O)OC(C)(C)C)ccc1O. The molecule has 192 valence electrons. The molecule has 11 nitrogen and oxygen atoms in total. The molecule has 35 heavy (non-hydrogen) atoms. The zero-order valence-corrected chi connectivity index (χ0v) is 21.3. The first-order valence-electron chi connectivity index (χ1n) is 11.0. The number of carbonyl (C=O) groups is 4. The first kappa shape index (κ1) is 29.2. The summed E-state index contributed by atoms with van der Waals surface area (Å²) in [6.45, 7) is 11.2. The number of hydrogen-bond acceptors (Lipinski definition) is 7. The summed E-state index contributed by atoms with van der Waals surface area (Å²) in [6.07, 6.45) is -1.55. The number of rotatable bonds is 8. The van der Waals surface area contributed by atoms with E-state index in [4.69, 9.17) is 10.5 Å². The third-order valence-electron chi connectivity index (χ3n) is 4.51. The van der Waals surface area contributed by atoms with Gasteiger partial charge in [0.1, 0.15) is 30.0 Å². The molecule has 2 atom stereocenters. The molecule has 4 amide bonds. The highest BCUT2D eigenvalue weighted by Gasteiger charge is 2.38. The molecule has 2 unspecified atom stereocenters. The van der Waals surface area contributed by atoms with Gasteiger partial charge < -0.3 is 31.1 Å². The molecule has 0 spiro atoms. The number of nitrogens with one attached hydrogen (secondary N) is 2. The van der Waals surface area contributed by atoms with Crippen LogP contribution < -0.4 is 16.4 Å². The zero-order chi connectivity index (χ0) is 27.1. The number of primary amides is 1. The largest absolute Gasteiger partial charge is 0.508 e. The molecule has 0 radical (unpaired) electrons. The monoisotopic (exact) mass is 489 g/mol. The molecule has 0 aliphatic carbocycles. The lowest BCUT2D eigenvalue weighted by atomic mass is 9.98. The maximum Gasteiger partial charge on any atom is 0.408 e. The number of carbonyl (C=O) groups excluding carboxylic acids is 4. The van der Waals surface area contributed by atoms with E-state index in [9.17, 15) is 29.5 Å². The van der Waals surface area contributed by atoms with Crippen LogP contribution in [0.2, 0.25) is 0 Å². The minimum atomic E-state index is -1.49. The minimum absolute atomic E-state index is 0.0138. The van der Waals surface area contributed by atoms with Crippen molar-refractivity contribution in [2.24, 2.45) is 5.73 Å². The Morgan fingerprint density at radius 2 is 1.77 bits per heavy atom. The highest BCUT2D eigenvalue weighted by atomic mass is 16.6. The lowest BCUT2D eigenvalue weighted by Crippen LogP contribution is -2.55. The summed E-state index contributed by atoms with van der Waals surface area (Å²) in [5.41, 5.74) is 4.51. The minimum Gasteiger partial charge on any atom is -0.508 e. The summed E-state index contributed by atoms with van der Waals surface area (Å²) in [4.78, 5) is 51.9. The fourth-order valence-electron chi connectivity index (χ4n) is 3.18. The Morgan fingerprint density at radius 3 is 2.23 bits per heavy atom. The van der Waals surface area contributed by atoms with E-state index in [-0.39, 0.29) is 5.75 Å². The molecule has 1 aromatic rings. The lowest BCUT2D eigenvalue weighted by Gasteiger charge is -2.34. The van der Waals surface area contributed by atoms with Gasteiger partial charge in [-0.05, 0) is 71.7 Å². The Hall–Kier alpha value is -3.81. The van der Waals surface area contributed by atoms with E-state index in [2.05, 4.69) is 10.6 Å². The van der Waals surface area contributed by atoms with Crippen LogP contribution in [0, 0.1) is 18.3 Å². The van der Waals surface area contributed by atoms with E-state index >= 15 is 0 Å². The van der Waals surface area contributed by atoms with Gasteiger partial charge in [0.15, 0.2) is 0 Å². The molecule has 0 fully saturated rings. The highest BCUT2D eigenvalue weighted by Crippen LogP contribution is 2.27. The summed E-state index contributed by atoms with van der Waals surface area (Å²) >= 11 is 0. The maximum atomic E-state index is 13.6. The number of ether oxygens (including phenoxy) is 1. The molecule has 1 rings (SSSR count). The van der Waals surface area contributed by atoms with Crippen molar-refractivity contribution in [3.63, 3.8) is 0 Å². The van der Waals surface area contributed by atoms with E-state index in [1.54, 1.807) is 48.5 Å². The molecule has 11 heteroatoms. The molecule has 0 bridgehead atoms. The van der Waals surface area contributed by atoms with Gasteiger partial charge in [-0.3, -0.25) is 14.4 Å². The number of alkyl carbamates (subject to hydrolysis) is 1. The Morgan fingerprint density at radius 1 is 1.17 bits per heavy atom. The van der Waals surface area contributed by atoms with Gasteiger partial charge in [0.2, 0.25) is 17.7 Å². The van der Waals surface area contributed by atoms with Crippen molar-refractivity contribution >= 4 is 23.8 Å². The van der Waals surface area contributed by atoms with Gasteiger partial charge in [0.25, 0.3) is 0 Å². The Kier molecular flexibility index (Phi) is 9.64. The van der Waals surface area contributed by atoms with E-state index in [1.165, 1.54) is 18.2 Å². The molecule has 0 saturated carbocycles. The van der Waals surface area contributed by atoms with Crippen molar-refractivity contribution in [3.05, 3.63) is 29.3 Å². The molecule has 0 aromatic heterocycles. The normalized spacial score (nSPS) is 13.1. The van der Waals surface area contributed by atoms with E-state index < -0.39 is 60.0 Å². The number of aryl methyl sites for hydroxylation is 1. The summed E-state index contributed by atoms with van der Waals surface area (Å²) in [5, 5.41) is 24.5. The Balaban J connectivity index is 3.54. The van der Waals surface area contributed by atoms with Crippen LogP contribution in [0.25, 0.3) is 0 Å². The van der Waals surface area contributed by atoms with Crippen LogP contribution in [-0.4, -0.2) is 57.5 Å². The van der Waals surface area contributed by atoms with Crippen molar-refractivity contribution in [2.45, 2.75) is 78.1 Å². The van der Waals surface area contributed by atoms with Crippen molar-refractivity contribution in [2.75, 3.05) is 6.54 Å². The quantitative estimate of drug-likeness (QED) is 0.402. The molecule has 0 heterocycles. The first-order chi connectivity index (χ1) is 15.9. The van der Waals surface area contributed by atoms with Gasteiger partial charge in [-0.2, -0.15) is 5.26 Å². The van der Waals surface area contributed by atoms with Crippen LogP contribution in [0.4, 0.5) is 4.79 Å². The van der Waals surface area contributed by atoms with Crippen LogP contribution >= 0.6 is 0 Å². The average molecular weight is 490 g/mol. The van der Waals surface area contributed by atoms with Crippen molar-refractivity contribution in [1.82, 2.24) is 15.5 Å². The molecule has 0 aliphatic rings. The van der Waals surface area contributed by atoms with Gasteiger partial charge in [0.05, 0.1) is 12.5 Å². The third-order valence-corrected chi connectivity index (χ3v) is 4.51. The molecular formula is C24H35N5O6. The molecule has 1 aromatic carbocycles. The second-order valence-electron chi connectivity index (χ2n) is 10.2. The summed E-state index contributed by atoms with van der Waals surface area (Å²) in [5.74, 6) is -2.37. The Labute approximate surface area is 205 Å². The summed E-state index contributed by atoms with van der Waals surface area (Å²) in [6, 6.07) is 3.41. The van der Waals surface area contributed by atoms with Gasteiger partial charge in [0, 0.05) is 5.54 Å². The van der Waals surface area contributed by atoms with E-state index in [0.29, 0.717) is 11.1 Å². The lowest BCUT2D eigenvalue weighted by molar-refractivity contribution is -0.143. The third kappa shape index (κ3) is 9.52. The number of nitrogens with two attached hydrogens (primary N) is 1. The van der Waals surface area contributed by atoms with Crippen molar-refractivity contribution in [3.8, 4) is 11.8 Å². The highest BCUT2D eigenvalue weighted by molar-refractivity contribution is 5.94. The number of phenolic OH excluding ortho intramolecular Hbond substituents is 1. The average Bonchev–Trinajstić information content (AvgIpc) is 2.66. The number of nitriles is 1. The summed E-state index contributed by atoms with van der Waals surface area (Å²) < 4.78 is 5.18. The van der Waals surface area contributed by atoms with Gasteiger partial charge >= 0.3 is 6.09 Å². The molecule has 0 aliphatic heterocycles. The van der Waals surface area contributed by atoms with Crippen LogP contribution in [0.3, 0.4) is 0 Å². The number of nitrogens with zero attached hydrogens (tertiary/aromatic N) is 2. The summed E-state index contributed by atoms with van der Waals surface area (Å²) in [7, 11) is 0. The standard InChI is InChI=1S/C24H35N5O6/c1-14-12-15(8-9-17(14)30)19(20(32)28-23(2,3)4)29(11-10-25)21(33)16(13-18(26)31)27-22(34)35-24(5,6)7/h8-9,12,16,19,30H,11,13H2,1-7H3,(H2,26,31)(H,27,34)(H,28,32). The van der Waals surface area contributed by atoms with Crippen molar-refractivity contribution < 1.29 is 29.0 Å². The predicted molar refractivity (Wildman–Crippen MR) is 128 cm³/mol. The number of hydrogen-bond donors (Lipinski definition) is 4. The predicted octanol–water partition coefficient (Wildman–Crippen LogP) is 1.78. The second-order valence-corrected chi connectivity index (χ2v) is 10.2. The smallest absolute Gasteiger partial charge is 0.408 e. The van der Waals surface area contributed by atoms with Gasteiger partial charge in [-0.15, -0.1) is 0 Å². The molecule has 0 saturated heterocycles. The molecule has 5 N–H and O–H groups in total. The van der Waals surface area contributed by atoms with Crippen LogP contribution in [-0.2, 0) is 19.1 Å². The topological polar surface area (TPSA) is 175 Å².